The number of methoxy groups -OCH3 is 1. The molecule has 29 heavy (non-hydrogen) atoms. The summed E-state index contributed by atoms with van der Waals surface area (Å²) in [6, 6.07) is 6.86. The third-order valence-electron chi connectivity index (χ3n) is 3.72. The number of carbonyl (C=O) groups is 3. The van der Waals surface area contributed by atoms with Gasteiger partial charge in [-0.1, -0.05) is 52.7 Å². The Balaban J connectivity index is 0. The molecule has 0 N–H and O–H groups in total. The summed E-state index contributed by atoms with van der Waals surface area (Å²) in [6.07, 6.45) is 5.23. The molecule has 0 aliphatic heterocycles. The summed E-state index contributed by atoms with van der Waals surface area (Å²) in [5.41, 5.74) is 0.908. The summed E-state index contributed by atoms with van der Waals surface area (Å²) < 4.78 is 9.89. The molecule has 166 valence electrons. The molecule has 0 heterocycles. The lowest BCUT2D eigenvalue weighted by Crippen LogP contribution is -2.23. The van der Waals surface area contributed by atoms with Gasteiger partial charge in [0.1, 0.15) is 11.9 Å². The number of aldehydes is 1. The largest absolute Gasteiger partial charge is 0.469 e. The van der Waals surface area contributed by atoms with Crippen molar-refractivity contribution in [2.45, 2.75) is 86.2 Å². The molecule has 0 amide bonds. The van der Waals surface area contributed by atoms with Crippen LogP contribution < -0.4 is 0 Å². The molecule has 1 aromatic carbocycles. The smallest absolute Gasteiger partial charge is 0.338 e. The summed E-state index contributed by atoms with van der Waals surface area (Å²) in [7, 11) is 1.46. The Hall–Kier alpha value is -2.17. The highest BCUT2D eigenvalue weighted by Crippen LogP contribution is 2.14. The third-order valence-corrected chi connectivity index (χ3v) is 3.72. The Morgan fingerprint density at radius 3 is 1.83 bits per heavy atom. The van der Waals surface area contributed by atoms with E-state index in [1.807, 2.05) is 34.6 Å². The minimum absolute atomic E-state index is 0.0475. The summed E-state index contributed by atoms with van der Waals surface area (Å²) in [4.78, 5) is 33.0. The number of benzene rings is 1. The van der Waals surface area contributed by atoms with Crippen molar-refractivity contribution in [3.8, 4) is 0 Å². The molecule has 0 aliphatic carbocycles. The first kappa shape index (κ1) is 29.0. The average molecular weight is 409 g/mol. The Morgan fingerprint density at radius 2 is 1.48 bits per heavy atom. The molecule has 0 radical (unpaired) electrons. The molecule has 0 aromatic heterocycles. The van der Waals surface area contributed by atoms with Crippen LogP contribution in [-0.4, -0.2) is 30.9 Å². The summed E-state index contributed by atoms with van der Waals surface area (Å²) in [6.45, 7) is 13.7. The van der Waals surface area contributed by atoms with E-state index in [0.29, 0.717) is 12.0 Å². The number of hydrogen-bond acceptors (Lipinski definition) is 5. The van der Waals surface area contributed by atoms with Gasteiger partial charge in [0.05, 0.1) is 18.6 Å². The van der Waals surface area contributed by atoms with Gasteiger partial charge in [0.25, 0.3) is 0 Å². The number of esters is 2. The number of ether oxygens (including phenoxy) is 2. The van der Waals surface area contributed by atoms with Crippen LogP contribution in [0, 0.1) is 5.92 Å². The van der Waals surface area contributed by atoms with Gasteiger partial charge >= 0.3 is 11.9 Å². The first-order valence-corrected chi connectivity index (χ1v) is 10.5. The predicted molar refractivity (Wildman–Crippen MR) is 118 cm³/mol. The van der Waals surface area contributed by atoms with E-state index in [1.165, 1.54) is 7.11 Å². The quantitative estimate of drug-likeness (QED) is 0.402. The van der Waals surface area contributed by atoms with Crippen LogP contribution in [0.2, 0.25) is 0 Å². The van der Waals surface area contributed by atoms with Gasteiger partial charge in [0.15, 0.2) is 0 Å². The molecular weight excluding hydrogens is 368 g/mol. The van der Waals surface area contributed by atoms with Crippen molar-refractivity contribution < 1.29 is 23.9 Å². The molecule has 5 heteroatoms. The minimum Gasteiger partial charge on any atom is -0.469 e. The van der Waals surface area contributed by atoms with Gasteiger partial charge in [-0.25, -0.2) is 4.79 Å². The maximum Gasteiger partial charge on any atom is 0.338 e. The molecule has 0 bridgehead atoms. The second-order valence-corrected chi connectivity index (χ2v) is 7.37. The maximum atomic E-state index is 11.6. The minimum atomic E-state index is -0.488. The van der Waals surface area contributed by atoms with E-state index in [-0.39, 0.29) is 17.9 Å². The van der Waals surface area contributed by atoms with Crippen LogP contribution >= 0.6 is 0 Å². The SMILES string of the molecule is CC.CC(C)(C)OC(=O)c1ccc(CC=O)cc1.CCCC(CCC)C(=O)OC. The summed E-state index contributed by atoms with van der Waals surface area (Å²) >= 11 is 0. The molecule has 0 spiro atoms. The standard InChI is InChI=1S/C13H16O3.C9H18O2.C2H6/c1-13(2,3)16-12(15)11-6-4-10(5-7-11)8-9-14;1-4-6-8(7-5-2)9(10)11-3;1-2/h4-7,9H,8H2,1-3H3;8H,4-7H2,1-3H3;1-2H3. The van der Waals surface area contributed by atoms with Gasteiger partial charge in [0, 0.05) is 6.42 Å². The van der Waals surface area contributed by atoms with Gasteiger partial charge < -0.3 is 14.3 Å². The Morgan fingerprint density at radius 1 is 1.00 bits per heavy atom. The van der Waals surface area contributed by atoms with E-state index < -0.39 is 5.60 Å². The van der Waals surface area contributed by atoms with Crippen molar-refractivity contribution in [2.75, 3.05) is 7.11 Å². The van der Waals surface area contributed by atoms with Gasteiger partial charge in [-0.15, -0.1) is 0 Å². The Labute approximate surface area is 177 Å². The van der Waals surface area contributed by atoms with Crippen molar-refractivity contribution in [3.63, 3.8) is 0 Å². The molecule has 0 aliphatic rings. The zero-order chi connectivity index (χ0) is 22.9. The summed E-state index contributed by atoms with van der Waals surface area (Å²) in [5, 5.41) is 0. The second-order valence-electron chi connectivity index (χ2n) is 7.37. The van der Waals surface area contributed by atoms with Crippen LogP contribution in [0.5, 0.6) is 0 Å². The van der Waals surface area contributed by atoms with E-state index in [9.17, 15) is 14.4 Å². The first-order valence-electron chi connectivity index (χ1n) is 10.5. The number of hydrogen-bond donors (Lipinski definition) is 0. The molecule has 0 fully saturated rings. The second kappa shape index (κ2) is 16.8. The lowest BCUT2D eigenvalue weighted by Gasteiger charge is -2.19. The lowest BCUT2D eigenvalue weighted by molar-refractivity contribution is -0.146. The number of carbonyl (C=O) groups excluding carboxylic acids is 3. The fraction of sp³-hybridized carbons (Fsp3) is 0.625. The van der Waals surface area contributed by atoms with Crippen LogP contribution in [0.4, 0.5) is 0 Å². The Bertz CT molecular complexity index is 564. The monoisotopic (exact) mass is 408 g/mol. The lowest BCUT2D eigenvalue weighted by atomic mass is 9.99. The molecule has 0 saturated heterocycles. The van der Waals surface area contributed by atoms with E-state index in [0.717, 1.165) is 37.5 Å². The predicted octanol–water partition coefficient (Wildman–Crippen LogP) is 5.79. The molecule has 1 rings (SSSR count). The highest BCUT2D eigenvalue weighted by atomic mass is 16.6. The zero-order valence-electron chi connectivity index (χ0n) is 19.5. The first-order chi connectivity index (χ1) is 13.7. The van der Waals surface area contributed by atoms with Gasteiger partial charge in [-0.3, -0.25) is 4.79 Å². The van der Waals surface area contributed by atoms with Crippen LogP contribution in [0.25, 0.3) is 0 Å². The van der Waals surface area contributed by atoms with Crippen LogP contribution in [-0.2, 0) is 25.5 Å². The third kappa shape index (κ3) is 14.5. The fourth-order valence-corrected chi connectivity index (χ4v) is 2.45. The molecule has 0 atom stereocenters. The topological polar surface area (TPSA) is 69.7 Å². The van der Waals surface area contributed by atoms with E-state index in [4.69, 9.17) is 4.74 Å². The maximum absolute atomic E-state index is 11.6. The molecule has 1 aromatic rings. The molecular formula is C24H40O5. The summed E-state index contributed by atoms with van der Waals surface area (Å²) in [5.74, 6) is -0.256. The van der Waals surface area contributed by atoms with Crippen molar-refractivity contribution >= 4 is 18.2 Å². The van der Waals surface area contributed by atoms with E-state index >= 15 is 0 Å². The molecule has 5 nitrogen and oxygen atoms in total. The fourth-order valence-electron chi connectivity index (χ4n) is 2.45. The normalized spacial score (nSPS) is 10.1. The highest BCUT2D eigenvalue weighted by molar-refractivity contribution is 5.89. The average Bonchev–Trinajstić information content (AvgIpc) is 2.69. The molecule has 0 saturated carbocycles. The van der Waals surface area contributed by atoms with Crippen LogP contribution in [0.15, 0.2) is 24.3 Å². The highest BCUT2D eigenvalue weighted by Gasteiger charge is 2.17. The van der Waals surface area contributed by atoms with Gasteiger partial charge in [0.2, 0.25) is 0 Å². The van der Waals surface area contributed by atoms with Crippen molar-refractivity contribution in [1.82, 2.24) is 0 Å². The Kier molecular flexibility index (Phi) is 16.8. The van der Waals surface area contributed by atoms with E-state index in [1.54, 1.807) is 24.3 Å². The van der Waals surface area contributed by atoms with Crippen molar-refractivity contribution in [3.05, 3.63) is 35.4 Å². The van der Waals surface area contributed by atoms with E-state index in [2.05, 4.69) is 18.6 Å². The zero-order valence-corrected chi connectivity index (χ0v) is 19.5. The molecule has 0 unspecified atom stereocenters. The van der Waals surface area contributed by atoms with Crippen molar-refractivity contribution in [2.24, 2.45) is 5.92 Å². The van der Waals surface area contributed by atoms with Crippen LogP contribution in [0.3, 0.4) is 0 Å². The van der Waals surface area contributed by atoms with Gasteiger partial charge in [-0.2, -0.15) is 0 Å². The van der Waals surface area contributed by atoms with Crippen molar-refractivity contribution in [1.29, 1.82) is 0 Å². The number of rotatable bonds is 8. The van der Waals surface area contributed by atoms with Gasteiger partial charge in [-0.05, 0) is 51.3 Å². The van der Waals surface area contributed by atoms with Crippen LogP contribution in [0.1, 0.15) is 90.1 Å².